The van der Waals surface area contributed by atoms with Gasteiger partial charge in [-0.05, 0) is 53.8 Å². The minimum atomic E-state index is 0.132. The maximum absolute atomic E-state index is 12.7. The fourth-order valence-corrected chi connectivity index (χ4v) is 3.57. The van der Waals surface area contributed by atoms with E-state index < -0.39 is 0 Å². The monoisotopic (exact) mass is 407 g/mol. The number of hydrogen-bond acceptors (Lipinski definition) is 4. The lowest BCUT2D eigenvalue weighted by atomic mass is 9.97. The quantitative estimate of drug-likeness (QED) is 0.384. The van der Waals surface area contributed by atoms with Gasteiger partial charge in [-0.15, -0.1) is 0 Å². The molecule has 0 N–H and O–H groups in total. The predicted octanol–water partition coefficient (Wildman–Crippen LogP) is 5.43. The number of pyridine rings is 1. The van der Waals surface area contributed by atoms with Crippen molar-refractivity contribution in [2.75, 3.05) is 0 Å². The predicted molar refractivity (Wildman–Crippen MR) is 123 cm³/mol. The van der Waals surface area contributed by atoms with E-state index in [1.165, 1.54) is 11.1 Å². The molecule has 0 saturated carbocycles. The van der Waals surface area contributed by atoms with Gasteiger partial charge in [0.15, 0.2) is 5.78 Å². The third-order valence-corrected chi connectivity index (χ3v) is 5.47. The number of aromatic nitrogens is 3. The summed E-state index contributed by atoms with van der Waals surface area (Å²) >= 11 is 0. The Kier molecular flexibility index (Phi) is 6.27. The molecule has 0 atom stereocenters. The van der Waals surface area contributed by atoms with Crippen LogP contribution in [0, 0.1) is 6.92 Å². The van der Waals surface area contributed by atoms with Gasteiger partial charge in [-0.25, -0.2) is 9.97 Å². The molecule has 0 radical (unpaired) electrons. The molecule has 2 aromatic heterocycles. The van der Waals surface area contributed by atoms with E-state index >= 15 is 0 Å². The molecular formula is C27H25N3O. The lowest BCUT2D eigenvalue weighted by Gasteiger charge is -2.10. The highest BCUT2D eigenvalue weighted by Crippen LogP contribution is 2.19. The van der Waals surface area contributed by atoms with Crippen LogP contribution in [0.25, 0.3) is 11.3 Å². The SMILES string of the molecule is CCc1ccc(C(=O)Cc2ccc(C)c(Cc3nccc(-c4cccnc4)n3)c2)cc1. The van der Waals surface area contributed by atoms with Gasteiger partial charge in [-0.3, -0.25) is 9.78 Å². The van der Waals surface area contributed by atoms with Crippen LogP contribution in [-0.2, 0) is 19.3 Å². The molecule has 31 heavy (non-hydrogen) atoms. The van der Waals surface area contributed by atoms with E-state index in [1.807, 2.05) is 48.5 Å². The van der Waals surface area contributed by atoms with Gasteiger partial charge in [0.2, 0.25) is 0 Å². The first-order chi connectivity index (χ1) is 15.1. The van der Waals surface area contributed by atoms with Crippen LogP contribution in [0.2, 0.25) is 0 Å². The van der Waals surface area contributed by atoms with Crippen LogP contribution in [0.1, 0.15) is 45.4 Å². The lowest BCUT2D eigenvalue weighted by molar-refractivity contribution is 0.0993. The molecular weight excluding hydrogens is 382 g/mol. The molecule has 0 spiro atoms. The van der Waals surface area contributed by atoms with Crippen LogP contribution in [0.5, 0.6) is 0 Å². The summed E-state index contributed by atoms with van der Waals surface area (Å²) in [5, 5.41) is 0. The summed E-state index contributed by atoms with van der Waals surface area (Å²) in [5.41, 5.74) is 7.13. The summed E-state index contributed by atoms with van der Waals surface area (Å²) in [6, 6.07) is 19.9. The summed E-state index contributed by atoms with van der Waals surface area (Å²) in [4.78, 5) is 26.1. The first kappa shape index (κ1) is 20.6. The first-order valence-electron chi connectivity index (χ1n) is 10.5. The average Bonchev–Trinajstić information content (AvgIpc) is 2.82. The fourth-order valence-electron chi connectivity index (χ4n) is 3.57. The Balaban J connectivity index is 1.52. The number of Topliss-reactive ketones (excluding diaryl/α,β-unsaturated/α-hetero) is 1. The first-order valence-corrected chi connectivity index (χ1v) is 10.5. The molecule has 0 amide bonds. The Morgan fingerprint density at radius 2 is 1.74 bits per heavy atom. The van der Waals surface area contributed by atoms with Crippen molar-refractivity contribution >= 4 is 5.78 Å². The number of nitrogens with zero attached hydrogens (tertiary/aromatic N) is 3. The molecule has 0 saturated heterocycles. The third-order valence-electron chi connectivity index (χ3n) is 5.47. The van der Waals surface area contributed by atoms with E-state index in [-0.39, 0.29) is 5.78 Å². The minimum absolute atomic E-state index is 0.132. The molecule has 0 bridgehead atoms. The Morgan fingerprint density at radius 1 is 0.935 bits per heavy atom. The number of hydrogen-bond donors (Lipinski definition) is 0. The second-order valence-corrected chi connectivity index (χ2v) is 7.69. The van der Waals surface area contributed by atoms with Crippen LogP contribution in [0.15, 0.2) is 79.3 Å². The van der Waals surface area contributed by atoms with Gasteiger partial charge in [0.1, 0.15) is 5.82 Å². The zero-order chi connectivity index (χ0) is 21.6. The largest absolute Gasteiger partial charge is 0.294 e. The molecule has 4 nitrogen and oxygen atoms in total. The Labute approximate surface area is 183 Å². The Bertz CT molecular complexity index is 1180. The van der Waals surface area contributed by atoms with Crippen molar-refractivity contribution in [1.82, 2.24) is 15.0 Å². The standard InChI is InChI=1S/C27H25N3O/c1-3-20-8-10-22(11-9-20)26(31)16-21-7-6-19(2)24(15-21)17-27-29-14-12-25(30-27)23-5-4-13-28-18-23/h4-15,18H,3,16-17H2,1-2H3. The number of carbonyl (C=O) groups is 1. The third kappa shape index (κ3) is 5.10. The van der Waals surface area contributed by atoms with E-state index in [0.717, 1.165) is 40.2 Å². The summed E-state index contributed by atoms with van der Waals surface area (Å²) < 4.78 is 0. The summed E-state index contributed by atoms with van der Waals surface area (Å²) in [6.07, 6.45) is 7.31. The smallest absolute Gasteiger partial charge is 0.167 e. The molecule has 4 rings (SSSR count). The van der Waals surface area contributed by atoms with Crippen LogP contribution in [-0.4, -0.2) is 20.7 Å². The van der Waals surface area contributed by atoms with Crippen molar-refractivity contribution in [2.45, 2.75) is 33.1 Å². The second-order valence-electron chi connectivity index (χ2n) is 7.69. The zero-order valence-corrected chi connectivity index (χ0v) is 17.9. The van der Waals surface area contributed by atoms with E-state index in [2.05, 4.69) is 35.9 Å². The number of ketones is 1. The summed E-state index contributed by atoms with van der Waals surface area (Å²) in [5.74, 6) is 0.885. The molecule has 0 unspecified atom stereocenters. The second kappa shape index (κ2) is 9.43. The van der Waals surface area contributed by atoms with E-state index in [1.54, 1.807) is 18.6 Å². The molecule has 4 aromatic rings. The van der Waals surface area contributed by atoms with Crippen LogP contribution in [0.3, 0.4) is 0 Å². The number of carbonyl (C=O) groups excluding carboxylic acids is 1. The van der Waals surface area contributed by atoms with Gasteiger partial charge in [0, 0.05) is 42.6 Å². The summed E-state index contributed by atoms with van der Waals surface area (Å²) in [6.45, 7) is 4.19. The lowest BCUT2D eigenvalue weighted by Crippen LogP contribution is -2.05. The number of aryl methyl sites for hydroxylation is 2. The van der Waals surface area contributed by atoms with Crippen LogP contribution < -0.4 is 0 Å². The topological polar surface area (TPSA) is 55.7 Å². The molecule has 4 heteroatoms. The highest BCUT2D eigenvalue weighted by Gasteiger charge is 2.11. The van der Waals surface area contributed by atoms with Gasteiger partial charge in [0.05, 0.1) is 5.69 Å². The highest BCUT2D eigenvalue weighted by molar-refractivity contribution is 5.97. The van der Waals surface area contributed by atoms with Crippen molar-refractivity contribution in [3.05, 3.63) is 113 Å². The van der Waals surface area contributed by atoms with Crippen molar-refractivity contribution in [3.8, 4) is 11.3 Å². The minimum Gasteiger partial charge on any atom is -0.294 e. The fraction of sp³-hybridized carbons (Fsp3) is 0.185. The molecule has 0 aliphatic heterocycles. The Hall–Kier alpha value is -3.66. The molecule has 154 valence electrons. The molecule has 2 heterocycles. The van der Waals surface area contributed by atoms with Gasteiger partial charge >= 0.3 is 0 Å². The average molecular weight is 408 g/mol. The molecule has 2 aromatic carbocycles. The van der Waals surface area contributed by atoms with Gasteiger partial charge in [0.25, 0.3) is 0 Å². The zero-order valence-electron chi connectivity index (χ0n) is 17.9. The molecule has 0 fully saturated rings. The van der Waals surface area contributed by atoms with Crippen molar-refractivity contribution in [2.24, 2.45) is 0 Å². The Morgan fingerprint density at radius 3 is 2.48 bits per heavy atom. The summed E-state index contributed by atoms with van der Waals surface area (Å²) in [7, 11) is 0. The van der Waals surface area contributed by atoms with Crippen molar-refractivity contribution in [3.63, 3.8) is 0 Å². The van der Waals surface area contributed by atoms with Gasteiger partial charge < -0.3 is 0 Å². The maximum atomic E-state index is 12.7. The number of rotatable bonds is 7. The normalized spacial score (nSPS) is 10.8. The van der Waals surface area contributed by atoms with Gasteiger partial charge in [-0.1, -0.05) is 49.4 Å². The number of benzene rings is 2. The van der Waals surface area contributed by atoms with Crippen LogP contribution in [0.4, 0.5) is 0 Å². The maximum Gasteiger partial charge on any atom is 0.167 e. The molecule has 0 aliphatic rings. The van der Waals surface area contributed by atoms with Crippen molar-refractivity contribution < 1.29 is 4.79 Å². The molecule has 0 aliphatic carbocycles. The van der Waals surface area contributed by atoms with Crippen molar-refractivity contribution in [1.29, 1.82) is 0 Å². The highest BCUT2D eigenvalue weighted by atomic mass is 16.1. The van der Waals surface area contributed by atoms with Gasteiger partial charge in [-0.2, -0.15) is 0 Å². The van der Waals surface area contributed by atoms with E-state index in [0.29, 0.717) is 12.8 Å². The van der Waals surface area contributed by atoms with E-state index in [4.69, 9.17) is 4.98 Å². The van der Waals surface area contributed by atoms with E-state index in [9.17, 15) is 4.79 Å². The van der Waals surface area contributed by atoms with Crippen LogP contribution >= 0.6 is 0 Å².